The Morgan fingerprint density at radius 3 is 1.23 bits per heavy atom. The van der Waals surface area contributed by atoms with Crippen LogP contribution < -0.4 is 0 Å². The van der Waals surface area contributed by atoms with Crippen LogP contribution in [0.1, 0.15) is 0 Å². The standard InChI is InChI=1S/C64H37N5O2/c1-3-15-38(16-4-1)51-36-53(49-25-13-23-47-45-21-7-9-29-57(45)70-61(47)49)67-63(65-51)42-33-43(35-44(34-42)69-55-27-11-19-40-31-32-41-20-12-28-56(69)60(41)59(40)55)64-66-52(39-17-5-2-6-18-39)37-54(68-64)50-26-14-24-48-46-22-8-10-30-58(46)71-62(48)50/h1-37H. The molecule has 330 valence electrons. The lowest BCUT2D eigenvalue weighted by Crippen LogP contribution is -2.01. The van der Waals surface area contributed by atoms with Crippen LogP contribution in [0.3, 0.4) is 0 Å². The van der Waals surface area contributed by atoms with Gasteiger partial charge < -0.3 is 13.4 Å². The fraction of sp³-hybridized carbons (Fsp3) is 0. The van der Waals surface area contributed by atoms with Gasteiger partial charge in [-0.2, -0.15) is 0 Å². The van der Waals surface area contributed by atoms with Crippen LogP contribution in [0.2, 0.25) is 0 Å². The van der Waals surface area contributed by atoms with Gasteiger partial charge in [0.15, 0.2) is 11.6 Å². The van der Waals surface area contributed by atoms with Gasteiger partial charge in [-0.3, -0.25) is 0 Å². The maximum absolute atomic E-state index is 6.63. The molecule has 15 rings (SSSR count). The largest absolute Gasteiger partial charge is 0.455 e. The third-order valence-electron chi connectivity index (χ3n) is 14.0. The molecule has 10 aromatic carbocycles. The highest BCUT2D eigenvalue weighted by Gasteiger charge is 2.23. The number of hydrogen-bond acceptors (Lipinski definition) is 6. The molecule has 15 aromatic rings. The molecule has 0 unspecified atom stereocenters. The molecule has 0 spiro atoms. The van der Waals surface area contributed by atoms with E-state index in [-0.39, 0.29) is 0 Å². The monoisotopic (exact) mass is 907 g/mol. The molecule has 5 aromatic heterocycles. The van der Waals surface area contributed by atoms with Gasteiger partial charge in [-0.1, -0.05) is 158 Å². The first-order chi connectivity index (χ1) is 35.2. The van der Waals surface area contributed by atoms with Gasteiger partial charge in [0.05, 0.1) is 33.8 Å². The maximum atomic E-state index is 6.63. The Morgan fingerprint density at radius 2 is 0.732 bits per heavy atom. The molecular formula is C64H37N5O2. The molecule has 0 aliphatic carbocycles. The number of benzene rings is 10. The van der Waals surface area contributed by atoms with Crippen LogP contribution in [-0.2, 0) is 0 Å². The normalized spacial score (nSPS) is 11.9. The highest BCUT2D eigenvalue weighted by atomic mass is 16.3. The first-order valence-electron chi connectivity index (χ1n) is 23.8. The molecule has 7 heteroatoms. The van der Waals surface area contributed by atoms with Gasteiger partial charge in [-0.25, -0.2) is 19.9 Å². The van der Waals surface area contributed by atoms with E-state index in [1.807, 2.05) is 72.8 Å². The first kappa shape index (κ1) is 39.3. The van der Waals surface area contributed by atoms with Crippen LogP contribution in [-0.4, -0.2) is 24.5 Å². The molecule has 0 aliphatic rings. The predicted molar refractivity (Wildman–Crippen MR) is 288 cm³/mol. The third kappa shape index (κ3) is 6.23. The number of hydrogen-bond donors (Lipinski definition) is 0. The Morgan fingerprint density at radius 1 is 0.310 bits per heavy atom. The van der Waals surface area contributed by atoms with Crippen LogP contribution in [0.25, 0.3) is 150 Å². The van der Waals surface area contributed by atoms with Gasteiger partial charge in [0.2, 0.25) is 0 Å². The highest BCUT2D eigenvalue weighted by molar-refractivity contribution is 6.24. The molecule has 7 nitrogen and oxygen atoms in total. The topological polar surface area (TPSA) is 82.8 Å². The molecule has 0 saturated carbocycles. The van der Waals surface area contributed by atoms with Gasteiger partial charge in [0, 0.05) is 71.4 Å². The lowest BCUT2D eigenvalue weighted by Gasteiger charge is -2.15. The lowest BCUT2D eigenvalue weighted by molar-refractivity contribution is 0.669. The zero-order chi connectivity index (χ0) is 46.6. The highest BCUT2D eigenvalue weighted by Crippen LogP contribution is 2.43. The lowest BCUT2D eigenvalue weighted by atomic mass is 10.0. The molecule has 0 N–H and O–H groups in total. The Hall–Kier alpha value is -9.72. The van der Waals surface area contributed by atoms with E-state index in [1.165, 1.54) is 21.5 Å². The molecule has 0 aliphatic heterocycles. The second kappa shape index (κ2) is 15.4. The first-order valence-corrected chi connectivity index (χ1v) is 23.8. The summed E-state index contributed by atoms with van der Waals surface area (Å²) in [5.74, 6) is 1.11. The molecule has 0 saturated heterocycles. The predicted octanol–water partition coefficient (Wildman–Crippen LogP) is 16.8. The van der Waals surface area contributed by atoms with Gasteiger partial charge in [0.1, 0.15) is 22.3 Å². The van der Waals surface area contributed by atoms with Crippen LogP contribution in [0.4, 0.5) is 0 Å². The fourth-order valence-corrected chi connectivity index (χ4v) is 10.7. The van der Waals surface area contributed by atoms with Crippen molar-refractivity contribution in [1.82, 2.24) is 24.5 Å². The molecule has 0 fully saturated rings. The number of para-hydroxylation sites is 4. The van der Waals surface area contributed by atoms with Crippen molar-refractivity contribution in [3.8, 4) is 73.5 Å². The summed E-state index contributed by atoms with van der Waals surface area (Å²) in [4.78, 5) is 21.8. The third-order valence-corrected chi connectivity index (χ3v) is 14.0. The maximum Gasteiger partial charge on any atom is 0.160 e. The van der Waals surface area contributed by atoms with Crippen LogP contribution in [0, 0.1) is 0 Å². The zero-order valence-electron chi connectivity index (χ0n) is 37.9. The molecule has 71 heavy (non-hydrogen) atoms. The molecule has 5 heterocycles. The van der Waals surface area contributed by atoms with E-state index in [4.69, 9.17) is 28.8 Å². The van der Waals surface area contributed by atoms with E-state index >= 15 is 0 Å². The van der Waals surface area contributed by atoms with E-state index in [0.717, 1.165) is 117 Å². The number of fused-ring (bicyclic) bond motifs is 6. The molecule has 0 bridgehead atoms. The summed E-state index contributed by atoms with van der Waals surface area (Å²) in [5, 5.41) is 9.00. The smallest absolute Gasteiger partial charge is 0.160 e. The second-order valence-electron chi connectivity index (χ2n) is 18.1. The Kier molecular flexibility index (Phi) is 8.52. The van der Waals surface area contributed by atoms with Crippen molar-refractivity contribution in [3.05, 3.63) is 224 Å². The molecular weight excluding hydrogens is 871 g/mol. The summed E-state index contributed by atoms with van der Waals surface area (Å²) in [6, 6.07) is 77.7. The van der Waals surface area contributed by atoms with Crippen LogP contribution in [0.15, 0.2) is 233 Å². The Balaban J connectivity index is 1.02. The van der Waals surface area contributed by atoms with Crippen molar-refractivity contribution in [3.63, 3.8) is 0 Å². The minimum atomic E-state index is 0.553. The van der Waals surface area contributed by atoms with E-state index in [1.54, 1.807) is 0 Å². The number of furan rings is 2. The van der Waals surface area contributed by atoms with Crippen molar-refractivity contribution in [2.45, 2.75) is 0 Å². The average Bonchev–Trinajstić information content (AvgIpc) is 4.13. The van der Waals surface area contributed by atoms with Crippen LogP contribution in [0.5, 0.6) is 0 Å². The van der Waals surface area contributed by atoms with Crippen molar-refractivity contribution in [2.24, 2.45) is 0 Å². The zero-order valence-corrected chi connectivity index (χ0v) is 37.9. The van der Waals surface area contributed by atoms with Gasteiger partial charge in [-0.05, 0) is 77.5 Å². The SMILES string of the molecule is c1ccc(-c2cc(-c3cccc4c3oc3ccccc34)nc(-c3cc(-c4nc(-c5ccccc5)cc(-c5cccc6c5oc5ccccc56)n4)cc(-n4c5cccc6ccc7cccc4c7c65)c3)n2)cc1. The van der Waals surface area contributed by atoms with Crippen molar-refractivity contribution in [2.75, 3.05) is 0 Å². The van der Waals surface area contributed by atoms with Crippen molar-refractivity contribution < 1.29 is 8.83 Å². The average molecular weight is 908 g/mol. The summed E-state index contributed by atoms with van der Waals surface area (Å²) in [5.41, 5.74) is 14.7. The number of nitrogens with zero attached hydrogens (tertiary/aromatic N) is 5. The fourth-order valence-electron chi connectivity index (χ4n) is 10.7. The summed E-state index contributed by atoms with van der Waals surface area (Å²) < 4.78 is 15.6. The number of aromatic nitrogens is 5. The van der Waals surface area contributed by atoms with E-state index in [0.29, 0.717) is 11.6 Å². The Bertz CT molecular complexity index is 4300. The Labute approximate surface area is 405 Å². The molecule has 0 radical (unpaired) electrons. The summed E-state index contributed by atoms with van der Waals surface area (Å²) in [6.07, 6.45) is 0. The summed E-state index contributed by atoms with van der Waals surface area (Å²) in [6.45, 7) is 0. The van der Waals surface area contributed by atoms with E-state index in [9.17, 15) is 0 Å². The van der Waals surface area contributed by atoms with E-state index in [2.05, 4.69) is 156 Å². The van der Waals surface area contributed by atoms with Gasteiger partial charge in [0.25, 0.3) is 0 Å². The van der Waals surface area contributed by atoms with Gasteiger partial charge in [-0.15, -0.1) is 0 Å². The van der Waals surface area contributed by atoms with Crippen molar-refractivity contribution >= 4 is 76.5 Å². The van der Waals surface area contributed by atoms with E-state index < -0.39 is 0 Å². The van der Waals surface area contributed by atoms with Gasteiger partial charge >= 0.3 is 0 Å². The molecule has 0 amide bonds. The quantitative estimate of drug-likeness (QED) is 0.148. The van der Waals surface area contributed by atoms with Crippen LogP contribution >= 0.6 is 0 Å². The minimum Gasteiger partial charge on any atom is -0.455 e. The summed E-state index contributed by atoms with van der Waals surface area (Å²) in [7, 11) is 0. The second-order valence-corrected chi connectivity index (χ2v) is 18.1. The van der Waals surface area contributed by atoms with Crippen molar-refractivity contribution in [1.29, 1.82) is 0 Å². The minimum absolute atomic E-state index is 0.553. The molecule has 0 atom stereocenters. The number of rotatable bonds is 7. The summed E-state index contributed by atoms with van der Waals surface area (Å²) >= 11 is 0.